The topological polar surface area (TPSA) is 77.2 Å². The van der Waals surface area contributed by atoms with Crippen LogP contribution in [-0.2, 0) is 11.3 Å². The van der Waals surface area contributed by atoms with Crippen LogP contribution in [0.4, 0.5) is 0 Å². The van der Waals surface area contributed by atoms with Crippen LogP contribution in [0.15, 0.2) is 30.6 Å². The zero-order chi connectivity index (χ0) is 13.0. The number of carboxylic acids is 1. The third kappa shape index (κ3) is 2.85. The molecule has 0 fully saturated rings. The number of hydrogen-bond donors (Lipinski definition) is 1. The lowest BCUT2D eigenvalue weighted by Gasteiger charge is -2.00. The molecule has 0 atom stereocenters. The van der Waals surface area contributed by atoms with E-state index in [2.05, 4.69) is 10.1 Å². The van der Waals surface area contributed by atoms with E-state index in [0.717, 1.165) is 11.3 Å². The Balaban J connectivity index is 2.10. The Hall–Kier alpha value is -2.37. The van der Waals surface area contributed by atoms with E-state index in [1.165, 1.54) is 11.0 Å². The van der Waals surface area contributed by atoms with Crippen LogP contribution in [0.5, 0.6) is 5.75 Å². The number of aryl methyl sites for hydroxylation is 1. The van der Waals surface area contributed by atoms with E-state index in [9.17, 15) is 4.79 Å². The third-order valence-corrected chi connectivity index (χ3v) is 2.44. The maximum atomic E-state index is 10.4. The molecule has 0 aliphatic carbocycles. The monoisotopic (exact) mass is 247 g/mol. The summed E-state index contributed by atoms with van der Waals surface area (Å²) in [5.74, 6) is 0.489. The molecule has 0 aliphatic rings. The Kier molecular flexibility index (Phi) is 3.57. The first kappa shape index (κ1) is 12.1. The van der Waals surface area contributed by atoms with Gasteiger partial charge in [0.1, 0.15) is 12.1 Å². The number of rotatable bonds is 5. The van der Waals surface area contributed by atoms with Gasteiger partial charge >= 0.3 is 5.97 Å². The molecule has 0 aliphatic heterocycles. The van der Waals surface area contributed by atoms with Crippen LogP contribution >= 0.6 is 0 Å². The third-order valence-electron chi connectivity index (χ3n) is 2.44. The average molecular weight is 247 g/mol. The first-order valence-corrected chi connectivity index (χ1v) is 5.44. The second kappa shape index (κ2) is 5.31. The number of ether oxygens (including phenoxy) is 1. The van der Waals surface area contributed by atoms with Crippen molar-refractivity contribution in [2.45, 2.75) is 13.0 Å². The maximum Gasteiger partial charge on any atom is 0.305 e. The largest absolute Gasteiger partial charge is 0.497 e. The lowest BCUT2D eigenvalue weighted by Crippen LogP contribution is -2.04. The molecule has 0 spiro atoms. The van der Waals surface area contributed by atoms with Crippen molar-refractivity contribution in [2.75, 3.05) is 7.11 Å². The number of carbonyl (C=O) groups is 1. The van der Waals surface area contributed by atoms with E-state index >= 15 is 0 Å². The second-order valence-electron chi connectivity index (χ2n) is 3.70. The van der Waals surface area contributed by atoms with Gasteiger partial charge < -0.3 is 9.84 Å². The van der Waals surface area contributed by atoms with Gasteiger partial charge in [-0.15, -0.1) is 0 Å². The van der Waals surface area contributed by atoms with Gasteiger partial charge in [-0.05, 0) is 24.3 Å². The predicted molar refractivity (Wildman–Crippen MR) is 64.3 cm³/mol. The van der Waals surface area contributed by atoms with Crippen LogP contribution < -0.4 is 4.74 Å². The molecule has 2 aromatic rings. The van der Waals surface area contributed by atoms with Gasteiger partial charge in [0.15, 0.2) is 5.82 Å². The van der Waals surface area contributed by atoms with Gasteiger partial charge in [0.05, 0.1) is 20.1 Å². The van der Waals surface area contributed by atoms with Crippen molar-refractivity contribution in [3.8, 4) is 17.1 Å². The Labute approximate surface area is 104 Å². The molecule has 0 saturated carbocycles. The zero-order valence-electron chi connectivity index (χ0n) is 9.91. The number of hydrogen-bond acceptors (Lipinski definition) is 4. The Morgan fingerprint density at radius 1 is 1.39 bits per heavy atom. The van der Waals surface area contributed by atoms with Crippen LogP contribution in [-0.4, -0.2) is 33.0 Å². The Morgan fingerprint density at radius 3 is 2.72 bits per heavy atom. The highest BCUT2D eigenvalue weighted by molar-refractivity contribution is 5.66. The lowest BCUT2D eigenvalue weighted by molar-refractivity contribution is -0.137. The molecule has 0 bridgehead atoms. The molecule has 94 valence electrons. The molecule has 18 heavy (non-hydrogen) atoms. The summed E-state index contributed by atoms with van der Waals surface area (Å²) in [7, 11) is 1.61. The van der Waals surface area contributed by atoms with E-state index in [-0.39, 0.29) is 6.42 Å². The molecule has 1 N–H and O–H groups in total. The molecule has 1 aromatic carbocycles. The van der Waals surface area contributed by atoms with E-state index in [1.54, 1.807) is 7.11 Å². The van der Waals surface area contributed by atoms with Crippen LogP contribution in [0.25, 0.3) is 11.4 Å². The van der Waals surface area contributed by atoms with Crippen molar-refractivity contribution in [3.05, 3.63) is 30.6 Å². The van der Waals surface area contributed by atoms with Crippen LogP contribution in [0.1, 0.15) is 6.42 Å². The molecule has 2 rings (SSSR count). The highest BCUT2D eigenvalue weighted by Crippen LogP contribution is 2.18. The normalized spacial score (nSPS) is 10.3. The smallest absolute Gasteiger partial charge is 0.305 e. The minimum atomic E-state index is -0.850. The zero-order valence-corrected chi connectivity index (χ0v) is 9.91. The van der Waals surface area contributed by atoms with Crippen molar-refractivity contribution in [1.82, 2.24) is 14.8 Å². The standard InChI is InChI=1S/C12H13N3O3/c1-18-10-4-2-9(3-5-10)12-13-8-15(14-12)7-6-11(16)17/h2-5,8H,6-7H2,1H3,(H,16,17). The quantitative estimate of drug-likeness (QED) is 0.864. The fraction of sp³-hybridized carbons (Fsp3) is 0.250. The summed E-state index contributed by atoms with van der Waals surface area (Å²) in [6, 6.07) is 7.37. The number of benzene rings is 1. The summed E-state index contributed by atoms with van der Waals surface area (Å²) in [5.41, 5.74) is 0.866. The number of carboxylic acid groups (broad SMARTS) is 1. The lowest BCUT2D eigenvalue weighted by atomic mass is 10.2. The first-order valence-electron chi connectivity index (χ1n) is 5.44. The van der Waals surface area contributed by atoms with Gasteiger partial charge in [-0.2, -0.15) is 5.10 Å². The summed E-state index contributed by atoms with van der Waals surface area (Å²) >= 11 is 0. The molecule has 1 heterocycles. The number of aromatic nitrogens is 3. The maximum absolute atomic E-state index is 10.4. The summed E-state index contributed by atoms with van der Waals surface area (Å²) < 4.78 is 6.59. The van der Waals surface area contributed by atoms with Gasteiger partial charge in [-0.1, -0.05) is 0 Å². The van der Waals surface area contributed by atoms with Crippen molar-refractivity contribution in [2.24, 2.45) is 0 Å². The number of nitrogens with zero attached hydrogens (tertiary/aromatic N) is 3. The van der Waals surface area contributed by atoms with Crippen LogP contribution in [0.2, 0.25) is 0 Å². The van der Waals surface area contributed by atoms with Crippen LogP contribution in [0, 0.1) is 0 Å². The highest BCUT2D eigenvalue weighted by Gasteiger charge is 2.05. The van der Waals surface area contributed by atoms with Crippen molar-refractivity contribution >= 4 is 5.97 Å². The summed E-state index contributed by atoms with van der Waals surface area (Å²) in [6.45, 7) is 0.318. The fourth-order valence-electron chi connectivity index (χ4n) is 1.48. The predicted octanol–water partition coefficient (Wildman–Crippen LogP) is 1.43. The first-order chi connectivity index (χ1) is 8.69. The second-order valence-corrected chi connectivity index (χ2v) is 3.70. The molecule has 1 aromatic heterocycles. The van der Waals surface area contributed by atoms with E-state index in [1.807, 2.05) is 24.3 Å². The van der Waals surface area contributed by atoms with Gasteiger partial charge in [0, 0.05) is 5.56 Å². The molecule has 6 nitrogen and oxygen atoms in total. The SMILES string of the molecule is COc1ccc(-c2ncn(CCC(=O)O)n2)cc1. The van der Waals surface area contributed by atoms with Gasteiger partial charge in [-0.25, -0.2) is 4.98 Å². The number of methoxy groups -OCH3 is 1. The Bertz CT molecular complexity index is 534. The number of aliphatic carboxylic acids is 1. The minimum Gasteiger partial charge on any atom is -0.497 e. The summed E-state index contributed by atoms with van der Waals surface area (Å²) in [6.07, 6.45) is 1.56. The van der Waals surface area contributed by atoms with E-state index in [4.69, 9.17) is 9.84 Å². The van der Waals surface area contributed by atoms with Crippen molar-refractivity contribution < 1.29 is 14.6 Å². The molecular formula is C12H13N3O3. The van der Waals surface area contributed by atoms with Crippen LogP contribution in [0.3, 0.4) is 0 Å². The highest BCUT2D eigenvalue weighted by atomic mass is 16.5. The fourth-order valence-corrected chi connectivity index (χ4v) is 1.48. The van der Waals surface area contributed by atoms with E-state index in [0.29, 0.717) is 12.4 Å². The summed E-state index contributed by atoms with van der Waals surface area (Å²) in [4.78, 5) is 14.6. The minimum absolute atomic E-state index is 0.0331. The molecule has 0 amide bonds. The average Bonchev–Trinajstić information content (AvgIpc) is 2.85. The van der Waals surface area contributed by atoms with Gasteiger partial charge in [0.2, 0.25) is 0 Å². The van der Waals surface area contributed by atoms with Gasteiger partial charge in [-0.3, -0.25) is 9.48 Å². The molecule has 0 saturated heterocycles. The molecule has 0 radical (unpaired) electrons. The van der Waals surface area contributed by atoms with Crippen molar-refractivity contribution in [1.29, 1.82) is 0 Å². The van der Waals surface area contributed by atoms with Crippen molar-refractivity contribution in [3.63, 3.8) is 0 Å². The molecular weight excluding hydrogens is 234 g/mol. The Morgan fingerprint density at radius 2 is 2.11 bits per heavy atom. The molecule has 6 heteroatoms. The van der Waals surface area contributed by atoms with E-state index < -0.39 is 5.97 Å². The summed E-state index contributed by atoms with van der Waals surface area (Å²) in [5, 5.41) is 12.8. The van der Waals surface area contributed by atoms with Gasteiger partial charge in [0.25, 0.3) is 0 Å². The molecule has 0 unspecified atom stereocenters.